The van der Waals surface area contributed by atoms with Gasteiger partial charge in [-0.15, -0.1) is 0 Å². The van der Waals surface area contributed by atoms with Gasteiger partial charge < -0.3 is 11.1 Å². The first-order chi connectivity index (χ1) is 17.3. The van der Waals surface area contributed by atoms with Gasteiger partial charge in [-0.05, 0) is 73.2 Å². The lowest BCUT2D eigenvalue weighted by molar-refractivity contribution is 0.233. The number of fused-ring (bicyclic) bond motifs is 1. The van der Waals surface area contributed by atoms with Crippen LogP contribution in [0.25, 0.3) is 33.8 Å². The molecule has 0 atom stereocenters. The maximum Gasteiger partial charge on any atom is 0.165 e. The van der Waals surface area contributed by atoms with Gasteiger partial charge in [-0.1, -0.05) is 18.2 Å². The summed E-state index contributed by atoms with van der Waals surface area (Å²) in [6, 6.07) is 16.8. The Morgan fingerprint density at radius 1 is 0.943 bits per heavy atom. The number of nitrogens with one attached hydrogen (secondary N) is 1. The minimum absolute atomic E-state index is 0.467. The number of imidazole rings is 1. The van der Waals surface area contributed by atoms with Crippen LogP contribution < -0.4 is 11.1 Å². The van der Waals surface area contributed by atoms with E-state index < -0.39 is 0 Å². The molecule has 0 amide bonds. The predicted molar refractivity (Wildman–Crippen MR) is 141 cm³/mol. The number of aromatic nitrogens is 4. The van der Waals surface area contributed by atoms with Crippen molar-refractivity contribution in [2.75, 3.05) is 31.9 Å². The van der Waals surface area contributed by atoms with Crippen molar-refractivity contribution in [1.82, 2.24) is 29.7 Å². The van der Waals surface area contributed by atoms with Crippen molar-refractivity contribution in [2.45, 2.75) is 32.2 Å². The van der Waals surface area contributed by atoms with Crippen LogP contribution in [-0.4, -0.2) is 50.6 Å². The third-order valence-corrected chi connectivity index (χ3v) is 7.01. The van der Waals surface area contributed by atoms with Crippen LogP contribution >= 0.6 is 0 Å². The number of anilines is 1. The molecule has 1 aliphatic carbocycles. The highest BCUT2D eigenvalue weighted by molar-refractivity contribution is 5.84. The molecule has 3 N–H and O–H groups in total. The third kappa shape index (κ3) is 4.45. The number of nitrogen functional groups attached to an aromatic ring is 1. The van der Waals surface area contributed by atoms with E-state index in [1.54, 1.807) is 6.20 Å². The fourth-order valence-corrected chi connectivity index (χ4v) is 5.12. The van der Waals surface area contributed by atoms with E-state index in [1.807, 2.05) is 12.1 Å². The van der Waals surface area contributed by atoms with Gasteiger partial charge in [-0.3, -0.25) is 9.47 Å². The number of nitrogens with two attached hydrogens (primary N) is 1. The Kier molecular flexibility index (Phi) is 6.02. The number of piperazine rings is 1. The molecule has 0 saturated carbocycles. The van der Waals surface area contributed by atoms with Gasteiger partial charge in [0.05, 0.1) is 11.3 Å². The average Bonchev–Trinajstić information content (AvgIpc) is 3.29. The highest BCUT2D eigenvalue weighted by Crippen LogP contribution is 2.32. The van der Waals surface area contributed by atoms with E-state index in [1.165, 1.54) is 24.0 Å². The van der Waals surface area contributed by atoms with E-state index in [0.29, 0.717) is 5.82 Å². The van der Waals surface area contributed by atoms with E-state index >= 15 is 0 Å². The lowest BCUT2D eigenvalue weighted by Crippen LogP contribution is -2.42. The first-order valence-electron chi connectivity index (χ1n) is 12.6. The second kappa shape index (κ2) is 9.60. The van der Waals surface area contributed by atoms with Crippen LogP contribution in [0.5, 0.6) is 0 Å². The summed E-state index contributed by atoms with van der Waals surface area (Å²) in [6.45, 7) is 5.24. The van der Waals surface area contributed by atoms with Crippen molar-refractivity contribution in [2.24, 2.45) is 0 Å². The van der Waals surface area contributed by atoms with Crippen LogP contribution in [0.3, 0.4) is 0 Å². The minimum Gasteiger partial charge on any atom is -0.383 e. The number of nitrogens with zero attached hydrogens (tertiary/aromatic N) is 5. The second-order valence-electron chi connectivity index (χ2n) is 9.41. The quantitative estimate of drug-likeness (QED) is 0.454. The van der Waals surface area contributed by atoms with Crippen molar-refractivity contribution < 1.29 is 0 Å². The standard InChI is InChI=1S/C28H31N7/c29-26-23(7-4-14-31-26)27-33-25-13-12-24(21-5-2-1-3-6-21)32-28(25)35(27)22-10-8-20(9-11-22)19-34-17-15-30-16-18-34/h4-5,7-14,30H,1-3,6,15-19H2,(H2,29,31). The zero-order valence-corrected chi connectivity index (χ0v) is 20.0. The number of hydrogen-bond donors (Lipinski definition) is 2. The van der Waals surface area contributed by atoms with Crippen LogP contribution in [0, 0.1) is 0 Å². The predicted octanol–water partition coefficient (Wildman–Crippen LogP) is 4.43. The van der Waals surface area contributed by atoms with Crippen LogP contribution in [-0.2, 0) is 6.54 Å². The molecule has 178 valence electrons. The van der Waals surface area contributed by atoms with Crippen molar-refractivity contribution in [1.29, 1.82) is 0 Å². The van der Waals surface area contributed by atoms with E-state index in [9.17, 15) is 0 Å². The minimum atomic E-state index is 0.467. The van der Waals surface area contributed by atoms with E-state index in [0.717, 1.165) is 79.5 Å². The molecule has 3 aromatic heterocycles. The van der Waals surface area contributed by atoms with Crippen LogP contribution in [0.15, 0.2) is 60.8 Å². The largest absolute Gasteiger partial charge is 0.383 e. The zero-order chi connectivity index (χ0) is 23.6. The van der Waals surface area contributed by atoms with Gasteiger partial charge in [-0.2, -0.15) is 0 Å². The monoisotopic (exact) mass is 465 g/mol. The maximum absolute atomic E-state index is 6.29. The SMILES string of the molecule is Nc1ncccc1-c1nc2ccc(C3=CCCCC3)nc2n1-c1ccc(CN2CCNCC2)cc1. The Labute approximate surface area is 205 Å². The van der Waals surface area contributed by atoms with Gasteiger partial charge in [-0.25, -0.2) is 15.0 Å². The molecule has 0 spiro atoms. The molecule has 1 fully saturated rings. The summed E-state index contributed by atoms with van der Waals surface area (Å²) in [4.78, 5) is 16.9. The van der Waals surface area contributed by atoms with Gasteiger partial charge in [0, 0.05) is 44.6 Å². The summed E-state index contributed by atoms with van der Waals surface area (Å²) < 4.78 is 2.13. The highest BCUT2D eigenvalue weighted by Gasteiger charge is 2.19. The third-order valence-electron chi connectivity index (χ3n) is 7.01. The van der Waals surface area contributed by atoms with Crippen molar-refractivity contribution in [3.05, 3.63) is 72.1 Å². The van der Waals surface area contributed by atoms with Crippen LogP contribution in [0.1, 0.15) is 36.9 Å². The molecule has 0 radical (unpaired) electrons. The van der Waals surface area contributed by atoms with Gasteiger partial charge in [0.1, 0.15) is 11.3 Å². The van der Waals surface area contributed by atoms with Gasteiger partial charge in [0.2, 0.25) is 0 Å². The van der Waals surface area contributed by atoms with E-state index in [4.69, 9.17) is 15.7 Å². The molecule has 7 heteroatoms. The second-order valence-corrected chi connectivity index (χ2v) is 9.41. The molecule has 4 heterocycles. The summed E-state index contributed by atoms with van der Waals surface area (Å²) >= 11 is 0. The molecular weight excluding hydrogens is 434 g/mol. The molecule has 1 saturated heterocycles. The normalized spacial score (nSPS) is 17.0. The average molecular weight is 466 g/mol. The molecule has 1 aliphatic heterocycles. The van der Waals surface area contributed by atoms with Crippen LogP contribution in [0.2, 0.25) is 0 Å². The summed E-state index contributed by atoms with van der Waals surface area (Å²) in [5, 5.41) is 3.42. The van der Waals surface area contributed by atoms with Gasteiger partial charge in [0.15, 0.2) is 11.5 Å². The fourth-order valence-electron chi connectivity index (χ4n) is 5.12. The van der Waals surface area contributed by atoms with E-state index in [2.05, 4.69) is 62.2 Å². The van der Waals surface area contributed by atoms with E-state index in [-0.39, 0.29) is 0 Å². The number of hydrogen-bond acceptors (Lipinski definition) is 6. The molecule has 2 aliphatic rings. The molecule has 0 bridgehead atoms. The molecule has 6 rings (SSSR count). The Bertz CT molecular complexity index is 1360. The summed E-state index contributed by atoms with van der Waals surface area (Å²) in [7, 11) is 0. The lowest BCUT2D eigenvalue weighted by Gasteiger charge is -2.27. The zero-order valence-electron chi connectivity index (χ0n) is 20.0. The van der Waals surface area contributed by atoms with Crippen molar-refractivity contribution in [3.63, 3.8) is 0 Å². The molecule has 1 aromatic carbocycles. The summed E-state index contributed by atoms with van der Waals surface area (Å²) in [5.41, 5.74) is 13.5. The highest BCUT2D eigenvalue weighted by atomic mass is 15.2. The first kappa shape index (κ1) is 21.9. The van der Waals surface area contributed by atoms with Gasteiger partial charge in [0.25, 0.3) is 0 Å². The number of allylic oxidation sites excluding steroid dienone is 2. The molecule has 7 nitrogen and oxygen atoms in total. The Morgan fingerprint density at radius 3 is 2.57 bits per heavy atom. The Hall–Kier alpha value is -3.55. The Balaban J connectivity index is 1.44. The number of benzene rings is 1. The molecule has 0 unspecified atom stereocenters. The lowest BCUT2D eigenvalue weighted by atomic mass is 9.97. The van der Waals surface area contributed by atoms with Crippen LogP contribution in [0.4, 0.5) is 5.82 Å². The molecular formula is C28H31N7. The Morgan fingerprint density at radius 2 is 1.80 bits per heavy atom. The van der Waals surface area contributed by atoms with Gasteiger partial charge >= 0.3 is 0 Å². The number of rotatable bonds is 5. The van der Waals surface area contributed by atoms with Crippen molar-refractivity contribution >= 4 is 22.6 Å². The fraction of sp³-hybridized carbons (Fsp3) is 0.321. The molecule has 4 aromatic rings. The van der Waals surface area contributed by atoms with Crippen molar-refractivity contribution in [3.8, 4) is 17.1 Å². The summed E-state index contributed by atoms with van der Waals surface area (Å²) in [6.07, 6.45) is 8.73. The first-order valence-corrected chi connectivity index (χ1v) is 12.6. The topological polar surface area (TPSA) is 84.9 Å². The molecule has 35 heavy (non-hydrogen) atoms. The maximum atomic E-state index is 6.29. The smallest absolute Gasteiger partial charge is 0.165 e. The number of pyridine rings is 2. The summed E-state index contributed by atoms with van der Waals surface area (Å²) in [5.74, 6) is 1.23.